The molecule has 0 aromatic heterocycles. The van der Waals surface area contributed by atoms with E-state index >= 15 is 0 Å². The molecule has 10 heteroatoms. The van der Waals surface area contributed by atoms with E-state index in [0.29, 0.717) is 38.4 Å². The fourth-order valence-corrected chi connectivity index (χ4v) is 6.12. The number of likely N-dealkylation sites (N-methyl/N-ethyl adjacent to an activating group) is 2. The van der Waals surface area contributed by atoms with E-state index in [1.54, 1.807) is 6.07 Å². The van der Waals surface area contributed by atoms with Crippen molar-refractivity contribution in [3.63, 3.8) is 0 Å². The molecule has 0 saturated carbocycles. The van der Waals surface area contributed by atoms with E-state index in [2.05, 4.69) is 14.7 Å². The van der Waals surface area contributed by atoms with Crippen LogP contribution in [0.2, 0.25) is 0 Å². The SMILES string of the molecule is CN1CCN(S(=O)(=O)c2ccc(N3CCC[C@H]3CN(C)c3ccccc3)c([N+](=O)[O-])c2)CC1. The summed E-state index contributed by atoms with van der Waals surface area (Å²) in [4.78, 5) is 17.8. The van der Waals surface area contributed by atoms with Crippen molar-refractivity contribution in [1.29, 1.82) is 0 Å². The molecule has 2 aromatic rings. The summed E-state index contributed by atoms with van der Waals surface area (Å²) >= 11 is 0. The number of nitro groups is 1. The van der Waals surface area contributed by atoms with E-state index in [-0.39, 0.29) is 16.6 Å². The van der Waals surface area contributed by atoms with E-state index in [0.717, 1.165) is 25.1 Å². The Morgan fingerprint density at radius 1 is 1.06 bits per heavy atom. The molecule has 33 heavy (non-hydrogen) atoms. The highest BCUT2D eigenvalue weighted by atomic mass is 32.2. The topological polar surface area (TPSA) is 90.2 Å². The molecule has 178 valence electrons. The van der Waals surface area contributed by atoms with Gasteiger partial charge in [0.25, 0.3) is 5.69 Å². The minimum absolute atomic E-state index is 0.0142. The van der Waals surface area contributed by atoms with Crippen LogP contribution in [0.5, 0.6) is 0 Å². The second-order valence-electron chi connectivity index (χ2n) is 8.82. The first kappa shape index (κ1) is 23.5. The molecular weight excluding hydrogens is 442 g/mol. The van der Waals surface area contributed by atoms with Gasteiger partial charge in [0, 0.05) is 64.1 Å². The van der Waals surface area contributed by atoms with Crippen LogP contribution in [-0.2, 0) is 10.0 Å². The predicted molar refractivity (Wildman–Crippen MR) is 129 cm³/mol. The maximum atomic E-state index is 13.1. The van der Waals surface area contributed by atoms with Crippen LogP contribution in [0.1, 0.15) is 12.8 Å². The molecule has 2 saturated heterocycles. The number of sulfonamides is 1. The van der Waals surface area contributed by atoms with Gasteiger partial charge in [-0.1, -0.05) is 18.2 Å². The molecule has 0 radical (unpaired) electrons. The van der Waals surface area contributed by atoms with Crippen LogP contribution < -0.4 is 9.80 Å². The second-order valence-corrected chi connectivity index (χ2v) is 10.8. The molecule has 0 spiro atoms. The third-order valence-corrected chi connectivity index (χ3v) is 8.51. The minimum atomic E-state index is -3.77. The average Bonchev–Trinajstić information content (AvgIpc) is 3.27. The van der Waals surface area contributed by atoms with Crippen molar-refractivity contribution in [3.8, 4) is 0 Å². The number of nitro benzene ring substituents is 1. The Balaban J connectivity index is 1.59. The quantitative estimate of drug-likeness (QED) is 0.451. The van der Waals surface area contributed by atoms with Crippen molar-refractivity contribution in [3.05, 3.63) is 58.6 Å². The summed E-state index contributed by atoms with van der Waals surface area (Å²) in [6, 6.07) is 14.5. The maximum Gasteiger partial charge on any atom is 0.293 e. The Labute approximate surface area is 195 Å². The number of anilines is 2. The van der Waals surface area contributed by atoms with Gasteiger partial charge in [-0.25, -0.2) is 8.42 Å². The number of para-hydroxylation sites is 1. The molecule has 0 unspecified atom stereocenters. The van der Waals surface area contributed by atoms with E-state index in [1.807, 2.05) is 44.4 Å². The van der Waals surface area contributed by atoms with Crippen LogP contribution in [0.25, 0.3) is 0 Å². The zero-order valence-corrected chi connectivity index (χ0v) is 19.9. The van der Waals surface area contributed by atoms with Gasteiger partial charge in [-0.15, -0.1) is 0 Å². The molecule has 0 amide bonds. The molecule has 2 heterocycles. The lowest BCUT2D eigenvalue weighted by Gasteiger charge is -2.32. The van der Waals surface area contributed by atoms with E-state index in [1.165, 1.54) is 16.4 Å². The van der Waals surface area contributed by atoms with Crippen LogP contribution >= 0.6 is 0 Å². The summed E-state index contributed by atoms with van der Waals surface area (Å²) in [6.07, 6.45) is 1.86. The van der Waals surface area contributed by atoms with Gasteiger partial charge in [0.1, 0.15) is 5.69 Å². The van der Waals surface area contributed by atoms with Crippen molar-refractivity contribution in [2.75, 3.05) is 63.2 Å². The van der Waals surface area contributed by atoms with Gasteiger partial charge < -0.3 is 14.7 Å². The summed E-state index contributed by atoms with van der Waals surface area (Å²) in [5.41, 5.74) is 1.42. The summed E-state index contributed by atoms with van der Waals surface area (Å²) < 4.78 is 27.7. The lowest BCUT2D eigenvalue weighted by molar-refractivity contribution is -0.384. The zero-order chi connectivity index (χ0) is 23.6. The van der Waals surface area contributed by atoms with E-state index in [4.69, 9.17) is 0 Å². The molecule has 2 aliphatic heterocycles. The Hall–Kier alpha value is -2.69. The molecule has 0 N–H and O–H groups in total. The van der Waals surface area contributed by atoms with Crippen LogP contribution in [0.3, 0.4) is 0 Å². The van der Waals surface area contributed by atoms with Gasteiger partial charge in [0.05, 0.1) is 9.82 Å². The molecule has 2 fully saturated rings. The molecule has 0 bridgehead atoms. The highest BCUT2D eigenvalue weighted by Gasteiger charge is 2.34. The third-order valence-electron chi connectivity index (χ3n) is 6.61. The lowest BCUT2D eigenvalue weighted by Crippen LogP contribution is -2.47. The fourth-order valence-electron chi connectivity index (χ4n) is 4.68. The van der Waals surface area contributed by atoms with E-state index in [9.17, 15) is 18.5 Å². The summed E-state index contributed by atoms with van der Waals surface area (Å²) in [5, 5.41) is 12.0. The minimum Gasteiger partial charge on any atom is -0.373 e. The Bertz CT molecular complexity index is 1090. The van der Waals surface area contributed by atoms with Gasteiger partial charge in [-0.05, 0) is 44.2 Å². The summed E-state index contributed by atoms with van der Waals surface area (Å²) in [7, 11) is 0.195. The van der Waals surface area contributed by atoms with E-state index < -0.39 is 14.9 Å². The summed E-state index contributed by atoms with van der Waals surface area (Å²) in [5.74, 6) is 0. The number of nitrogens with zero attached hydrogens (tertiary/aromatic N) is 5. The predicted octanol–water partition coefficient (Wildman–Crippen LogP) is 2.64. The zero-order valence-electron chi connectivity index (χ0n) is 19.1. The standard InChI is InChI=1S/C23H31N5O4S/c1-24-13-15-26(16-14-24)33(31,32)21-10-11-22(23(17-21)28(29)30)27-12-6-9-20(27)18-25(2)19-7-4-3-5-8-19/h3-5,7-8,10-11,17,20H,6,9,12-16,18H2,1-2H3/t20-/m0/s1. The number of hydrogen-bond donors (Lipinski definition) is 0. The first-order valence-corrected chi connectivity index (χ1v) is 12.7. The van der Waals surface area contributed by atoms with Crippen LogP contribution in [0, 0.1) is 10.1 Å². The van der Waals surface area contributed by atoms with Crippen molar-refractivity contribution in [2.45, 2.75) is 23.8 Å². The monoisotopic (exact) mass is 473 g/mol. The Morgan fingerprint density at radius 3 is 2.42 bits per heavy atom. The normalized spacial score (nSPS) is 20.2. The Morgan fingerprint density at radius 2 is 1.76 bits per heavy atom. The number of benzene rings is 2. The lowest BCUT2D eigenvalue weighted by atomic mass is 10.1. The average molecular weight is 474 g/mol. The molecule has 4 rings (SSSR count). The molecule has 9 nitrogen and oxygen atoms in total. The number of piperazine rings is 1. The molecular formula is C23H31N5O4S. The van der Waals surface area contributed by atoms with Crippen molar-refractivity contribution < 1.29 is 13.3 Å². The fraction of sp³-hybridized carbons (Fsp3) is 0.478. The molecule has 0 aliphatic carbocycles. The third kappa shape index (κ3) is 4.97. The van der Waals surface area contributed by atoms with Crippen LogP contribution in [-0.4, -0.2) is 82.0 Å². The van der Waals surface area contributed by atoms with Gasteiger partial charge in [-0.3, -0.25) is 10.1 Å². The van der Waals surface area contributed by atoms with Gasteiger partial charge >= 0.3 is 0 Å². The first-order valence-electron chi connectivity index (χ1n) is 11.3. The number of rotatable bonds is 7. The van der Waals surface area contributed by atoms with Gasteiger partial charge in [0.2, 0.25) is 10.0 Å². The van der Waals surface area contributed by atoms with Crippen molar-refractivity contribution in [1.82, 2.24) is 9.21 Å². The largest absolute Gasteiger partial charge is 0.373 e. The van der Waals surface area contributed by atoms with Crippen molar-refractivity contribution >= 4 is 27.1 Å². The molecule has 2 aromatic carbocycles. The second kappa shape index (κ2) is 9.66. The first-order chi connectivity index (χ1) is 15.8. The summed E-state index contributed by atoms with van der Waals surface area (Å²) in [6.45, 7) is 3.48. The van der Waals surface area contributed by atoms with Crippen LogP contribution in [0.15, 0.2) is 53.4 Å². The highest BCUT2D eigenvalue weighted by molar-refractivity contribution is 7.89. The molecule has 1 atom stereocenters. The van der Waals surface area contributed by atoms with Crippen molar-refractivity contribution in [2.24, 2.45) is 0 Å². The van der Waals surface area contributed by atoms with Gasteiger partial charge in [0.15, 0.2) is 0 Å². The smallest absolute Gasteiger partial charge is 0.293 e. The Kier molecular flexibility index (Phi) is 6.87. The maximum absolute atomic E-state index is 13.1. The van der Waals surface area contributed by atoms with Gasteiger partial charge in [-0.2, -0.15) is 4.31 Å². The molecule has 2 aliphatic rings. The van der Waals surface area contributed by atoms with Crippen LogP contribution in [0.4, 0.5) is 17.1 Å². The number of hydrogen-bond acceptors (Lipinski definition) is 7. The highest BCUT2D eigenvalue weighted by Crippen LogP contribution is 2.36.